The third-order valence-electron chi connectivity index (χ3n) is 3.37. The summed E-state index contributed by atoms with van der Waals surface area (Å²) in [5, 5.41) is 16.4. The van der Waals surface area contributed by atoms with Crippen molar-refractivity contribution < 1.29 is 14.7 Å². The third-order valence-corrected chi connectivity index (χ3v) is 4.42. The number of carboxylic acid groups (broad SMARTS) is 1. The first-order valence-corrected chi connectivity index (χ1v) is 7.83. The van der Waals surface area contributed by atoms with Crippen LogP contribution in [0.1, 0.15) is 29.8 Å². The number of hydrogen-bond donors (Lipinski definition) is 1. The van der Waals surface area contributed by atoms with E-state index in [-0.39, 0.29) is 18.1 Å². The Morgan fingerprint density at radius 1 is 1.50 bits per heavy atom. The zero-order valence-electron chi connectivity index (χ0n) is 11.4. The maximum absolute atomic E-state index is 12.2. The molecule has 2 heterocycles. The van der Waals surface area contributed by atoms with E-state index in [1.54, 1.807) is 11.8 Å². The number of carbonyl (C=O) groups excluding carboxylic acids is 1. The minimum atomic E-state index is -1.14. The molecule has 110 valence electrons. The molecular formula is C12H18N4O3S. The van der Waals surface area contributed by atoms with Gasteiger partial charge in [0.25, 0.3) is 0 Å². The van der Waals surface area contributed by atoms with Crippen LogP contribution in [0, 0.1) is 0 Å². The number of likely N-dealkylation sites (tertiary alicyclic amines) is 1. The van der Waals surface area contributed by atoms with Gasteiger partial charge >= 0.3 is 5.97 Å². The lowest BCUT2D eigenvalue weighted by Crippen LogP contribution is -2.37. The number of aromatic nitrogens is 3. The van der Waals surface area contributed by atoms with Gasteiger partial charge in [-0.05, 0) is 19.1 Å². The molecule has 7 nitrogen and oxygen atoms in total. The van der Waals surface area contributed by atoms with Crippen LogP contribution < -0.4 is 0 Å². The maximum Gasteiger partial charge on any atom is 0.358 e. The fourth-order valence-electron chi connectivity index (χ4n) is 2.23. The van der Waals surface area contributed by atoms with E-state index in [0.29, 0.717) is 5.25 Å². The molecule has 0 spiro atoms. The number of carbonyl (C=O) groups is 2. The molecule has 1 aromatic heterocycles. The predicted octanol–water partition coefficient (Wildman–Crippen LogP) is 0.720. The highest BCUT2D eigenvalue weighted by Gasteiger charge is 2.22. The Morgan fingerprint density at radius 3 is 2.95 bits per heavy atom. The molecule has 1 atom stereocenters. The van der Waals surface area contributed by atoms with Crippen LogP contribution in [0.15, 0.2) is 6.20 Å². The van der Waals surface area contributed by atoms with Crippen LogP contribution in [0.4, 0.5) is 0 Å². The van der Waals surface area contributed by atoms with Gasteiger partial charge in [-0.15, -0.1) is 5.10 Å². The average molecular weight is 298 g/mol. The summed E-state index contributed by atoms with van der Waals surface area (Å²) < 4.78 is 1.28. The standard InChI is InChI=1S/C12H18N4O3S/c1-20-9-4-2-3-5-15(6-9)11(17)8-16-7-10(12(18)19)13-14-16/h7,9H,2-6,8H2,1H3,(H,18,19). The Kier molecular flexibility index (Phi) is 4.99. The maximum atomic E-state index is 12.2. The molecule has 1 N–H and O–H groups in total. The molecule has 0 aliphatic carbocycles. The van der Waals surface area contributed by atoms with Crippen LogP contribution in [-0.4, -0.2) is 61.5 Å². The number of aromatic carboxylic acids is 1. The normalized spacial score (nSPS) is 19.6. The van der Waals surface area contributed by atoms with Gasteiger partial charge in [-0.25, -0.2) is 9.48 Å². The molecule has 2 rings (SSSR count). The summed E-state index contributed by atoms with van der Waals surface area (Å²) in [6.45, 7) is 1.55. The number of hydrogen-bond acceptors (Lipinski definition) is 5. The molecular weight excluding hydrogens is 280 g/mol. The SMILES string of the molecule is CSC1CCCCN(C(=O)Cn2cc(C(=O)O)nn2)C1. The van der Waals surface area contributed by atoms with Crippen molar-refractivity contribution in [1.29, 1.82) is 0 Å². The average Bonchev–Trinajstić information content (AvgIpc) is 2.75. The Morgan fingerprint density at radius 2 is 2.30 bits per heavy atom. The molecule has 20 heavy (non-hydrogen) atoms. The number of amides is 1. The van der Waals surface area contributed by atoms with Crippen LogP contribution in [0.5, 0.6) is 0 Å². The first-order valence-electron chi connectivity index (χ1n) is 6.54. The van der Waals surface area contributed by atoms with E-state index in [2.05, 4.69) is 16.6 Å². The van der Waals surface area contributed by atoms with Crippen molar-refractivity contribution in [2.45, 2.75) is 31.1 Å². The fraction of sp³-hybridized carbons (Fsp3) is 0.667. The highest BCUT2D eigenvalue weighted by atomic mass is 32.2. The van der Waals surface area contributed by atoms with Crippen molar-refractivity contribution in [3.8, 4) is 0 Å². The van der Waals surface area contributed by atoms with E-state index in [0.717, 1.165) is 32.4 Å². The molecule has 0 radical (unpaired) electrons. The summed E-state index contributed by atoms with van der Waals surface area (Å²) in [5.41, 5.74) is -0.143. The molecule has 1 fully saturated rings. The summed E-state index contributed by atoms with van der Waals surface area (Å²) >= 11 is 1.79. The smallest absolute Gasteiger partial charge is 0.358 e. The van der Waals surface area contributed by atoms with Crippen LogP contribution in [0.2, 0.25) is 0 Å². The quantitative estimate of drug-likeness (QED) is 0.881. The van der Waals surface area contributed by atoms with Gasteiger partial charge in [0, 0.05) is 18.3 Å². The number of carboxylic acids is 1. The second-order valence-electron chi connectivity index (χ2n) is 4.80. The van der Waals surface area contributed by atoms with E-state index in [9.17, 15) is 9.59 Å². The predicted molar refractivity (Wildman–Crippen MR) is 74.7 cm³/mol. The highest BCUT2D eigenvalue weighted by molar-refractivity contribution is 7.99. The largest absolute Gasteiger partial charge is 0.476 e. The van der Waals surface area contributed by atoms with Crippen molar-refractivity contribution in [3.05, 3.63) is 11.9 Å². The van der Waals surface area contributed by atoms with E-state index < -0.39 is 5.97 Å². The lowest BCUT2D eigenvalue weighted by atomic mass is 10.2. The van der Waals surface area contributed by atoms with Crippen molar-refractivity contribution in [2.24, 2.45) is 0 Å². The molecule has 0 saturated carbocycles. The van der Waals surface area contributed by atoms with Crippen LogP contribution in [0.3, 0.4) is 0 Å². The second kappa shape index (κ2) is 6.74. The molecule has 1 unspecified atom stereocenters. The van der Waals surface area contributed by atoms with E-state index in [1.807, 2.05) is 4.90 Å². The van der Waals surface area contributed by atoms with Crippen LogP contribution in [0.25, 0.3) is 0 Å². The molecule has 1 aromatic rings. The van der Waals surface area contributed by atoms with Crippen molar-refractivity contribution in [2.75, 3.05) is 19.3 Å². The van der Waals surface area contributed by atoms with Gasteiger partial charge in [0.1, 0.15) is 6.54 Å². The first kappa shape index (κ1) is 14.8. The minimum absolute atomic E-state index is 0.0345. The lowest BCUT2D eigenvalue weighted by molar-refractivity contribution is -0.131. The molecule has 8 heteroatoms. The Balaban J connectivity index is 1.97. The van der Waals surface area contributed by atoms with Crippen molar-refractivity contribution in [1.82, 2.24) is 19.9 Å². The van der Waals surface area contributed by atoms with Gasteiger partial charge in [-0.3, -0.25) is 4.79 Å². The summed E-state index contributed by atoms with van der Waals surface area (Å²) in [6.07, 6.45) is 6.64. The van der Waals surface area contributed by atoms with Gasteiger partial charge in [0.05, 0.1) is 6.20 Å². The number of nitrogens with zero attached hydrogens (tertiary/aromatic N) is 4. The minimum Gasteiger partial charge on any atom is -0.476 e. The zero-order valence-corrected chi connectivity index (χ0v) is 12.2. The van der Waals surface area contributed by atoms with Crippen LogP contribution >= 0.6 is 11.8 Å². The summed E-state index contributed by atoms with van der Waals surface area (Å²) in [7, 11) is 0. The summed E-state index contributed by atoms with van der Waals surface area (Å²) in [4.78, 5) is 24.8. The molecule has 1 aliphatic heterocycles. The number of rotatable bonds is 4. The zero-order chi connectivity index (χ0) is 14.5. The van der Waals surface area contributed by atoms with Gasteiger partial charge in [0.15, 0.2) is 5.69 Å². The monoisotopic (exact) mass is 298 g/mol. The Hall–Kier alpha value is -1.57. The molecule has 0 bridgehead atoms. The fourth-order valence-corrected chi connectivity index (χ4v) is 2.97. The Bertz CT molecular complexity index is 491. The Labute approximate surface area is 121 Å². The lowest BCUT2D eigenvalue weighted by Gasteiger charge is -2.23. The van der Waals surface area contributed by atoms with Gasteiger partial charge in [0.2, 0.25) is 5.91 Å². The van der Waals surface area contributed by atoms with Crippen LogP contribution in [-0.2, 0) is 11.3 Å². The van der Waals surface area contributed by atoms with Crippen molar-refractivity contribution >= 4 is 23.6 Å². The molecule has 1 aliphatic rings. The van der Waals surface area contributed by atoms with Gasteiger partial charge < -0.3 is 10.0 Å². The van der Waals surface area contributed by atoms with E-state index >= 15 is 0 Å². The molecule has 1 amide bonds. The molecule has 0 aromatic carbocycles. The van der Waals surface area contributed by atoms with Crippen molar-refractivity contribution in [3.63, 3.8) is 0 Å². The van der Waals surface area contributed by atoms with Gasteiger partial charge in [-0.1, -0.05) is 11.6 Å². The number of thioether (sulfide) groups is 1. The molecule has 1 saturated heterocycles. The highest BCUT2D eigenvalue weighted by Crippen LogP contribution is 2.20. The van der Waals surface area contributed by atoms with E-state index in [4.69, 9.17) is 5.11 Å². The summed E-state index contributed by atoms with van der Waals surface area (Å²) in [5.74, 6) is -1.17. The second-order valence-corrected chi connectivity index (χ2v) is 5.94. The topological polar surface area (TPSA) is 88.3 Å². The van der Waals surface area contributed by atoms with E-state index in [1.165, 1.54) is 10.9 Å². The summed E-state index contributed by atoms with van der Waals surface area (Å²) in [6, 6.07) is 0. The van der Waals surface area contributed by atoms with Gasteiger partial charge in [-0.2, -0.15) is 11.8 Å². The first-order chi connectivity index (χ1) is 9.60. The third kappa shape index (κ3) is 3.72.